The van der Waals surface area contributed by atoms with Gasteiger partial charge in [-0.2, -0.15) is 0 Å². The molecule has 0 fully saturated rings. The van der Waals surface area contributed by atoms with Crippen molar-refractivity contribution in [3.05, 3.63) is 105 Å². The molecule has 1 unspecified atom stereocenters. The van der Waals surface area contributed by atoms with Crippen LogP contribution in [0, 0.1) is 15.9 Å². The number of aromatic nitrogens is 2. The van der Waals surface area contributed by atoms with E-state index in [0.29, 0.717) is 28.1 Å². The molecule has 9 heteroatoms. The number of esters is 1. The molecule has 170 valence electrons. The fourth-order valence-electron chi connectivity index (χ4n) is 4.02. The number of fused-ring (bicyclic) bond motifs is 1. The van der Waals surface area contributed by atoms with Gasteiger partial charge in [0.1, 0.15) is 18.2 Å². The summed E-state index contributed by atoms with van der Waals surface area (Å²) in [6, 6.07) is 19.6. The lowest BCUT2D eigenvalue weighted by molar-refractivity contribution is -0.384. The van der Waals surface area contributed by atoms with Gasteiger partial charge in [0.15, 0.2) is 0 Å². The number of carbonyl (C=O) groups excluding carboxylic acids is 1. The van der Waals surface area contributed by atoms with E-state index in [2.05, 4.69) is 10.2 Å². The summed E-state index contributed by atoms with van der Waals surface area (Å²) in [7, 11) is 0. The summed E-state index contributed by atoms with van der Waals surface area (Å²) < 4.78 is 24.4. The molecule has 2 heterocycles. The minimum absolute atomic E-state index is 0.0509. The van der Waals surface area contributed by atoms with Crippen LogP contribution in [0.5, 0.6) is 11.6 Å². The summed E-state index contributed by atoms with van der Waals surface area (Å²) in [5.74, 6) is -0.342. The van der Waals surface area contributed by atoms with E-state index in [0.717, 1.165) is 5.56 Å². The van der Waals surface area contributed by atoms with Crippen molar-refractivity contribution in [2.45, 2.75) is 18.9 Å². The number of carbonyl (C=O) groups is 1. The summed E-state index contributed by atoms with van der Waals surface area (Å²) in [6.07, 6.45) is 0.0952. The van der Waals surface area contributed by atoms with Gasteiger partial charge in [-0.1, -0.05) is 36.4 Å². The summed E-state index contributed by atoms with van der Waals surface area (Å²) in [5, 5.41) is 18.2. The molecule has 1 aromatic heterocycles. The number of halogens is 1. The van der Waals surface area contributed by atoms with Crippen LogP contribution >= 0.6 is 0 Å². The van der Waals surface area contributed by atoms with Crippen molar-refractivity contribution in [2.24, 2.45) is 0 Å². The first-order valence-corrected chi connectivity index (χ1v) is 10.5. The number of benzene rings is 3. The van der Waals surface area contributed by atoms with E-state index in [1.807, 2.05) is 12.1 Å². The summed E-state index contributed by atoms with van der Waals surface area (Å²) in [6.45, 7) is 0.218. The van der Waals surface area contributed by atoms with Gasteiger partial charge in [0.25, 0.3) is 5.69 Å². The van der Waals surface area contributed by atoms with Crippen molar-refractivity contribution in [3.8, 4) is 22.9 Å². The van der Waals surface area contributed by atoms with Crippen molar-refractivity contribution < 1.29 is 23.6 Å². The van der Waals surface area contributed by atoms with Crippen LogP contribution in [0.1, 0.15) is 29.0 Å². The predicted molar refractivity (Wildman–Crippen MR) is 120 cm³/mol. The molecule has 0 bridgehead atoms. The SMILES string of the molecule is O=C1CC(c2ccc(OCc3cccc(F)c3)cc2)c2c(n[nH]c2-c2cccc([N+](=O)[O-])c2)O1. The molecule has 34 heavy (non-hydrogen) atoms. The van der Waals surface area contributed by atoms with E-state index in [-0.39, 0.29) is 36.3 Å². The van der Waals surface area contributed by atoms with E-state index in [1.165, 1.54) is 24.3 Å². The Balaban J connectivity index is 1.43. The lowest BCUT2D eigenvalue weighted by Crippen LogP contribution is -2.20. The smallest absolute Gasteiger partial charge is 0.313 e. The Morgan fingerprint density at radius 1 is 1.12 bits per heavy atom. The molecule has 0 amide bonds. The van der Waals surface area contributed by atoms with Crippen molar-refractivity contribution in [1.82, 2.24) is 10.2 Å². The largest absolute Gasteiger partial charge is 0.489 e. The molecule has 5 rings (SSSR count). The Morgan fingerprint density at radius 2 is 1.91 bits per heavy atom. The Morgan fingerprint density at radius 3 is 2.68 bits per heavy atom. The fraction of sp³-hybridized carbons (Fsp3) is 0.120. The molecule has 1 aliphatic rings. The average Bonchev–Trinajstić information content (AvgIpc) is 3.26. The number of non-ortho nitro benzene ring substituents is 1. The highest BCUT2D eigenvalue weighted by Crippen LogP contribution is 2.43. The number of aromatic amines is 1. The number of rotatable bonds is 6. The minimum Gasteiger partial charge on any atom is -0.489 e. The zero-order valence-electron chi connectivity index (χ0n) is 17.7. The molecule has 8 nitrogen and oxygen atoms in total. The average molecular weight is 459 g/mol. The maximum absolute atomic E-state index is 13.4. The maximum Gasteiger partial charge on any atom is 0.313 e. The van der Waals surface area contributed by atoms with Crippen LogP contribution in [0.4, 0.5) is 10.1 Å². The van der Waals surface area contributed by atoms with Gasteiger partial charge in [-0.05, 0) is 35.4 Å². The number of nitrogens with one attached hydrogen (secondary N) is 1. The van der Waals surface area contributed by atoms with Crippen LogP contribution in [-0.4, -0.2) is 21.1 Å². The number of nitro benzene ring substituents is 1. The molecule has 0 aliphatic carbocycles. The van der Waals surface area contributed by atoms with E-state index >= 15 is 0 Å². The van der Waals surface area contributed by atoms with Gasteiger partial charge < -0.3 is 9.47 Å². The molecule has 0 saturated carbocycles. The number of nitro groups is 1. The second kappa shape index (κ2) is 8.78. The Labute approximate surface area is 193 Å². The topological polar surface area (TPSA) is 107 Å². The second-order valence-corrected chi connectivity index (χ2v) is 7.84. The fourth-order valence-corrected chi connectivity index (χ4v) is 4.02. The van der Waals surface area contributed by atoms with Crippen molar-refractivity contribution >= 4 is 11.7 Å². The first kappa shape index (κ1) is 21.3. The van der Waals surface area contributed by atoms with Crippen LogP contribution in [0.25, 0.3) is 11.3 Å². The van der Waals surface area contributed by atoms with Gasteiger partial charge >= 0.3 is 5.97 Å². The highest BCUT2D eigenvalue weighted by molar-refractivity contribution is 5.80. The molecule has 1 atom stereocenters. The number of hydrogen-bond acceptors (Lipinski definition) is 6. The van der Waals surface area contributed by atoms with Crippen LogP contribution < -0.4 is 9.47 Å². The van der Waals surface area contributed by atoms with Crippen molar-refractivity contribution in [3.63, 3.8) is 0 Å². The summed E-state index contributed by atoms with van der Waals surface area (Å²) in [5.41, 5.74) is 3.29. The summed E-state index contributed by atoms with van der Waals surface area (Å²) in [4.78, 5) is 23.0. The number of nitrogens with zero attached hydrogens (tertiary/aromatic N) is 2. The van der Waals surface area contributed by atoms with Crippen molar-refractivity contribution in [1.29, 1.82) is 0 Å². The first-order chi connectivity index (χ1) is 16.5. The zero-order valence-corrected chi connectivity index (χ0v) is 17.7. The third kappa shape index (κ3) is 4.23. The first-order valence-electron chi connectivity index (χ1n) is 10.5. The van der Waals surface area contributed by atoms with Gasteiger partial charge in [0.05, 0.1) is 22.6 Å². The Hall–Kier alpha value is -4.53. The molecule has 1 N–H and O–H groups in total. The highest BCUT2D eigenvalue weighted by atomic mass is 19.1. The maximum atomic E-state index is 13.4. The third-order valence-electron chi connectivity index (χ3n) is 5.62. The van der Waals surface area contributed by atoms with Crippen LogP contribution in [0.2, 0.25) is 0 Å². The number of H-pyrrole nitrogens is 1. The molecule has 0 saturated heterocycles. The van der Waals surface area contributed by atoms with Gasteiger partial charge in [0, 0.05) is 23.6 Å². The molecule has 0 radical (unpaired) electrons. The highest BCUT2D eigenvalue weighted by Gasteiger charge is 2.34. The van der Waals surface area contributed by atoms with Gasteiger partial charge in [-0.3, -0.25) is 20.0 Å². The number of ether oxygens (including phenoxy) is 2. The predicted octanol–water partition coefficient (Wildman–Crippen LogP) is 5.14. The van der Waals surface area contributed by atoms with E-state index in [4.69, 9.17) is 9.47 Å². The van der Waals surface area contributed by atoms with E-state index < -0.39 is 10.9 Å². The number of hydrogen-bond donors (Lipinski definition) is 1. The minimum atomic E-state index is -0.466. The van der Waals surface area contributed by atoms with Crippen LogP contribution in [0.3, 0.4) is 0 Å². The lowest BCUT2D eigenvalue weighted by Gasteiger charge is -2.22. The quantitative estimate of drug-likeness (QED) is 0.243. The third-order valence-corrected chi connectivity index (χ3v) is 5.62. The van der Waals surface area contributed by atoms with Gasteiger partial charge in [-0.25, -0.2) is 4.39 Å². The Kier molecular flexibility index (Phi) is 5.51. The van der Waals surface area contributed by atoms with Gasteiger partial charge in [0.2, 0.25) is 5.88 Å². The molecule has 1 aliphatic heterocycles. The standard InChI is InChI=1S/C25H18FN3O5/c26-18-5-1-3-15(11-18)14-33-20-9-7-16(8-10-20)21-13-22(30)34-25-23(21)24(27-28-25)17-4-2-6-19(12-17)29(31)32/h1-12,21H,13-14H2,(H,27,28). The molecular formula is C25H18FN3O5. The second-order valence-electron chi connectivity index (χ2n) is 7.84. The zero-order chi connectivity index (χ0) is 23.7. The van der Waals surface area contributed by atoms with Crippen molar-refractivity contribution in [2.75, 3.05) is 0 Å². The monoisotopic (exact) mass is 459 g/mol. The lowest BCUT2D eigenvalue weighted by atomic mass is 9.85. The molecule has 3 aromatic carbocycles. The molecule has 0 spiro atoms. The summed E-state index contributed by atoms with van der Waals surface area (Å²) >= 11 is 0. The molecular weight excluding hydrogens is 441 g/mol. The van der Waals surface area contributed by atoms with Crippen LogP contribution in [-0.2, 0) is 11.4 Å². The van der Waals surface area contributed by atoms with E-state index in [9.17, 15) is 19.3 Å². The van der Waals surface area contributed by atoms with Crippen LogP contribution in [0.15, 0.2) is 72.8 Å². The molecule has 4 aromatic rings. The van der Waals surface area contributed by atoms with E-state index in [1.54, 1.807) is 36.4 Å². The normalized spacial score (nSPS) is 14.9. The Bertz CT molecular complexity index is 1380. The van der Waals surface area contributed by atoms with Gasteiger partial charge in [-0.15, -0.1) is 5.10 Å².